The normalized spacial score (nSPS) is 21.7. The van der Waals surface area contributed by atoms with Crippen molar-refractivity contribution >= 4 is 22.5 Å². The second kappa shape index (κ2) is 6.30. The minimum Gasteiger partial charge on any atom is -0.358 e. The average molecular weight is 308 g/mol. The van der Waals surface area contributed by atoms with Crippen molar-refractivity contribution in [2.24, 2.45) is 0 Å². The minimum atomic E-state index is -0.834. The number of rotatable bonds is 5. The third kappa shape index (κ3) is 3.26. The predicted octanol–water partition coefficient (Wildman–Crippen LogP) is 1.92. The van der Waals surface area contributed by atoms with Gasteiger partial charge >= 0.3 is 0 Å². The van der Waals surface area contributed by atoms with Gasteiger partial charge in [-0.3, -0.25) is 0 Å². The van der Waals surface area contributed by atoms with E-state index in [-0.39, 0.29) is 6.04 Å². The fraction of sp³-hybridized carbons (Fsp3) is 0.538. The molecule has 3 heterocycles. The zero-order chi connectivity index (χ0) is 14.7. The first-order valence-corrected chi connectivity index (χ1v) is 7.78. The van der Waals surface area contributed by atoms with Crippen LogP contribution in [0.25, 0.3) is 0 Å². The highest BCUT2D eigenvalue weighted by Crippen LogP contribution is 2.25. The Morgan fingerprint density at radius 3 is 3.14 bits per heavy atom. The van der Waals surface area contributed by atoms with Crippen molar-refractivity contribution in [2.75, 3.05) is 23.3 Å². The maximum Gasteiger partial charge on any atom is 0.202 e. The number of aromatic nitrogens is 4. The molecule has 1 saturated heterocycles. The molecular weight excluding hydrogens is 291 g/mol. The van der Waals surface area contributed by atoms with E-state index in [0.29, 0.717) is 19.5 Å². The molecule has 0 saturated carbocycles. The van der Waals surface area contributed by atoms with E-state index in [1.807, 2.05) is 24.0 Å². The monoisotopic (exact) mass is 308 g/mol. The van der Waals surface area contributed by atoms with Gasteiger partial charge in [-0.2, -0.15) is 9.47 Å². The highest BCUT2D eigenvalue weighted by atomic mass is 32.1. The van der Waals surface area contributed by atoms with E-state index in [0.717, 1.165) is 23.2 Å². The lowest BCUT2D eigenvalue weighted by Crippen LogP contribution is -2.35. The molecule has 0 amide bonds. The lowest BCUT2D eigenvalue weighted by atomic mass is 10.2. The van der Waals surface area contributed by atoms with E-state index in [9.17, 15) is 4.39 Å². The number of anilines is 2. The largest absolute Gasteiger partial charge is 0.358 e. The van der Waals surface area contributed by atoms with Crippen LogP contribution in [0.5, 0.6) is 0 Å². The standard InChI is InChI=1S/C13H17FN6S/c1-2-11-17-13(21-19-11)15-7-10-6-9(14)8-20(10)12-4-3-5-16-18-12/h3-5,9-10H,2,6-8H2,1H3,(H,15,17,19)/t9-,10-/m0/s1. The lowest BCUT2D eigenvalue weighted by molar-refractivity contribution is 0.357. The lowest BCUT2D eigenvalue weighted by Gasteiger charge is -2.24. The summed E-state index contributed by atoms with van der Waals surface area (Å²) in [5, 5.41) is 12.0. The molecule has 2 atom stereocenters. The van der Waals surface area contributed by atoms with Crippen molar-refractivity contribution in [3.63, 3.8) is 0 Å². The van der Waals surface area contributed by atoms with Crippen molar-refractivity contribution < 1.29 is 4.39 Å². The number of nitrogens with zero attached hydrogens (tertiary/aromatic N) is 5. The van der Waals surface area contributed by atoms with Crippen LogP contribution in [0.1, 0.15) is 19.2 Å². The van der Waals surface area contributed by atoms with Gasteiger partial charge in [0.25, 0.3) is 0 Å². The second-order valence-electron chi connectivity index (χ2n) is 4.97. The summed E-state index contributed by atoms with van der Waals surface area (Å²) in [7, 11) is 0. The Morgan fingerprint density at radius 2 is 2.43 bits per heavy atom. The molecule has 0 aromatic carbocycles. The second-order valence-corrected chi connectivity index (χ2v) is 5.72. The fourth-order valence-electron chi connectivity index (χ4n) is 2.45. The molecule has 8 heteroatoms. The van der Waals surface area contributed by atoms with E-state index in [1.165, 1.54) is 11.5 Å². The Bertz CT molecular complexity index is 577. The Hall–Kier alpha value is -1.83. The van der Waals surface area contributed by atoms with Gasteiger partial charge in [-0.25, -0.2) is 9.37 Å². The fourth-order valence-corrected chi connectivity index (χ4v) is 3.11. The molecule has 112 valence electrons. The van der Waals surface area contributed by atoms with E-state index in [4.69, 9.17) is 0 Å². The van der Waals surface area contributed by atoms with Crippen molar-refractivity contribution in [2.45, 2.75) is 32.0 Å². The first kappa shape index (κ1) is 14.1. The van der Waals surface area contributed by atoms with E-state index >= 15 is 0 Å². The summed E-state index contributed by atoms with van der Waals surface area (Å²) in [4.78, 5) is 6.33. The van der Waals surface area contributed by atoms with Crippen LogP contribution in [0.2, 0.25) is 0 Å². The molecule has 1 aliphatic heterocycles. The first-order chi connectivity index (χ1) is 10.3. The molecule has 1 fully saturated rings. The maximum absolute atomic E-state index is 13.8. The molecule has 1 aliphatic rings. The number of halogens is 1. The van der Waals surface area contributed by atoms with Crippen LogP contribution < -0.4 is 10.2 Å². The number of alkyl halides is 1. The highest BCUT2D eigenvalue weighted by molar-refractivity contribution is 7.09. The topological polar surface area (TPSA) is 66.8 Å². The smallest absolute Gasteiger partial charge is 0.202 e. The number of hydrogen-bond donors (Lipinski definition) is 1. The molecule has 0 unspecified atom stereocenters. The molecule has 0 spiro atoms. The molecule has 0 radical (unpaired) electrons. The van der Waals surface area contributed by atoms with Gasteiger partial charge < -0.3 is 10.2 Å². The molecule has 3 rings (SSSR count). The van der Waals surface area contributed by atoms with Crippen molar-refractivity contribution in [1.29, 1.82) is 0 Å². The van der Waals surface area contributed by atoms with Gasteiger partial charge in [-0.15, -0.1) is 5.10 Å². The van der Waals surface area contributed by atoms with Gasteiger partial charge in [-0.1, -0.05) is 6.92 Å². The molecule has 0 bridgehead atoms. The molecule has 2 aromatic heterocycles. The van der Waals surface area contributed by atoms with Crippen LogP contribution in [0, 0.1) is 0 Å². The van der Waals surface area contributed by atoms with Crippen LogP contribution in [0.3, 0.4) is 0 Å². The Morgan fingerprint density at radius 1 is 1.52 bits per heavy atom. The summed E-state index contributed by atoms with van der Waals surface area (Å²) in [6.07, 6.45) is 2.09. The summed E-state index contributed by atoms with van der Waals surface area (Å²) < 4.78 is 18.0. The number of nitrogens with one attached hydrogen (secondary N) is 1. The SMILES string of the molecule is CCc1nsc(NC[C@@H]2C[C@H](F)CN2c2cccnn2)n1. The predicted molar refractivity (Wildman–Crippen MR) is 80.5 cm³/mol. The summed E-state index contributed by atoms with van der Waals surface area (Å²) in [5.41, 5.74) is 0. The molecule has 1 N–H and O–H groups in total. The minimum absolute atomic E-state index is 0.0469. The van der Waals surface area contributed by atoms with Crippen molar-refractivity contribution in [3.05, 3.63) is 24.2 Å². The molecule has 0 aliphatic carbocycles. The van der Waals surface area contributed by atoms with Crippen LogP contribution in [-0.4, -0.2) is 44.9 Å². The van der Waals surface area contributed by atoms with Gasteiger partial charge in [0, 0.05) is 37.1 Å². The van der Waals surface area contributed by atoms with Gasteiger partial charge in [0.05, 0.1) is 12.6 Å². The van der Waals surface area contributed by atoms with Crippen molar-refractivity contribution in [1.82, 2.24) is 19.6 Å². The molecular formula is C13H17FN6S. The highest BCUT2D eigenvalue weighted by Gasteiger charge is 2.33. The van der Waals surface area contributed by atoms with E-state index in [1.54, 1.807) is 6.20 Å². The van der Waals surface area contributed by atoms with Crippen LogP contribution in [0.15, 0.2) is 18.3 Å². The zero-order valence-electron chi connectivity index (χ0n) is 11.7. The molecule has 21 heavy (non-hydrogen) atoms. The quantitative estimate of drug-likeness (QED) is 0.910. The van der Waals surface area contributed by atoms with Crippen LogP contribution >= 0.6 is 11.5 Å². The summed E-state index contributed by atoms with van der Waals surface area (Å²) >= 11 is 1.34. The van der Waals surface area contributed by atoms with E-state index < -0.39 is 6.17 Å². The van der Waals surface area contributed by atoms with Gasteiger partial charge in [0.1, 0.15) is 12.0 Å². The number of hydrogen-bond acceptors (Lipinski definition) is 7. The first-order valence-electron chi connectivity index (χ1n) is 7.01. The average Bonchev–Trinajstić information content (AvgIpc) is 3.12. The van der Waals surface area contributed by atoms with Crippen molar-refractivity contribution in [3.8, 4) is 0 Å². The van der Waals surface area contributed by atoms with Crippen LogP contribution in [-0.2, 0) is 6.42 Å². The third-order valence-corrected chi connectivity index (χ3v) is 4.20. The van der Waals surface area contributed by atoms with E-state index in [2.05, 4.69) is 24.9 Å². The Labute approximate surface area is 126 Å². The van der Waals surface area contributed by atoms with Gasteiger partial charge in [0.2, 0.25) is 5.13 Å². The van der Waals surface area contributed by atoms with Gasteiger partial charge in [-0.05, 0) is 12.1 Å². The number of aryl methyl sites for hydroxylation is 1. The molecule has 2 aromatic rings. The van der Waals surface area contributed by atoms with Crippen LogP contribution in [0.4, 0.5) is 15.3 Å². The Kier molecular flexibility index (Phi) is 4.23. The maximum atomic E-state index is 13.8. The molecule has 6 nitrogen and oxygen atoms in total. The third-order valence-electron chi connectivity index (χ3n) is 3.49. The zero-order valence-corrected chi connectivity index (χ0v) is 12.6. The summed E-state index contributed by atoms with van der Waals surface area (Å²) in [6, 6.07) is 3.72. The summed E-state index contributed by atoms with van der Waals surface area (Å²) in [5.74, 6) is 1.55. The van der Waals surface area contributed by atoms with Gasteiger partial charge in [0.15, 0.2) is 5.82 Å². The Balaban J connectivity index is 1.65. The summed E-state index contributed by atoms with van der Waals surface area (Å²) in [6.45, 7) is 3.00.